The molecule has 2 rings (SSSR count). The average Bonchev–Trinajstić information content (AvgIpc) is 2.84. The lowest BCUT2D eigenvalue weighted by Crippen LogP contribution is -2.35. The van der Waals surface area contributed by atoms with Gasteiger partial charge in [-0.25, -0.2) is 5.43 Å². The first kappa shape index (κ1) is 26.3. The number of carbonyl (C=O) groups excluding carboxylic acids is 2. The van der Waals surface area contributed by atoms with Gasteiger partial charge in [-0.15, -0.1) is 0 Å². The van der Waals surface area contributed by atoms with Crippen LogP contribution in [0.2, 0.25) is 0 Å². The number of benzene rings is 2. The summed E-state index contributed by atoms with van der Waals surface area (Å²) >= 11 is 0. The normalized spacial score (nSPS) is 10.5. The van der Waals surface area contributed by atoms with E-state index in [0.717, 1.165) is 0 Å². The van der Waals surface area contributed by atoms with E-state index >= 15 is 0 Å². The van der Waals surface area contributed by atoms with Gasteiger partial charge in [0.2, 0.25) is 5.75 Å². The van der Waals surface area contributed by atoms with Gasteiger partial charge < -0.3 is 29.0 Å². The van der Waals surface area contributed by atoms with Gasteiger partial charge in [-0.2, -0.15) is 5.10 Å². The highest BCUT2D eigenvalue weighted by Crippen LogP contribution is 2.39. The van der Waals surface area contributed by atoms with E-state index in [1.165, 1.54) is 13.3 Å². The first-order valence-electron chi connectivity index (χ1n) is 10.9. The molecule has 0 atom stereocenters. The van der Waals surface area contributed by atoms with Crippen LogP contribution in [0.3, 0.4) is 0 Å². The molecular formula is C24H31N3O7. The van der Waals surface area contributed by atoms with Crippen LogP contribution in [0.15, 0.2) is 35.4 Å². The average molecular weight is 474 g/mol. The summed E-state index contributed by atoms with van der Waals surface area (Å²) in [6.45, 7) is 6.39. The number of amides is 2. The minimum absolute atomic E-state index is 0.271. The lowest BCUT2D eigenvalue weighted by Gasteiger charge is -2.17. The molecule has 0 unspecified atom stereocenters. The Balaban J connectivity index is 2.05. The Morgan fingerprint density at radius 2 is 1.53 bits per heavy atom. The van der Waals surface area contributed by atoms with Crippen LogP contribution in [0.4, 0.5) is 0 Å². The quantitative estimate of drug-likeness (QED) is 0.339. The summed E-state index contributed by atoms with van der Waals surface area (Å²) in [6, 6.07) is 8.30. The molecule has 2 N–H and O–H groups in total. The number of ether oxygens (including phenoxy) is 5. The van der Waals surface area contributed by atoms with Gasteiger partial charge in [-0.05, 0) is 51.1 Å². The monoisotopic (exact) mass is 473 g/mol. The van der Waals surface area contributed by atoms with Gasteiger partial charge in [-0.3, -0.25) is 9.59 Å². The van der Waals surface area contributed by atoms with E-state index < -0.39 is 11.8 Å². The predicted octanol–water partition coefficient (Wildman–Crippen LogP) is 2.78. The molecule has 10 heteroatoms. The van der Waals surface area contributed by atoms with Crippen LogP contribution in [0.25, 0.3) is 0 Å². The van der Waals surface area contributed by atoms with Crippen LogP contribution in [-0.4, -0.2) is 58.6 Å². The molecule has 0 aliphatic carbocycles. The summed E-state index contributed by atoms with van der Waals surface area (Å²) in [4.78, 5) is 24.8. The van der Waals surface area contributed by atoms with Gasteiger partial charge in [0.15, 0.2) is 11.5 Å². The maximum Gasteiger partial charge on any atom is 0.259 e. The maximum atomic E-state index is 12.7. The Morgan fingerprint density at radius 1 is 0.882 bits per heavy atom. The number of hydrogen-bond acceptors (Lipinski definition) is 8. The second-order valence-electron chi connectivity index (χ2n) is 6.68. The number of hydrazone groups is 1. The van der Waals surface area contributed by atoms with Gasteiger partial charge in [0.25, 0.3) is 11.8 Å². The van der Waals surface area contributed by atoms with Crippen molar-refractivity contribution in [2.75, 3.05) is 40.6 Å². The SMILES string of the molecule is CCOc1cc(C(=O)NCC(=O)N/N=C/c2cc(OC)ccc2OC)cc(OCC)c1OCC. The topological polar surface area (TPSA) is 117 Å². The van der Waals surface area contributed by atoms with Crippen molar-refractivity contribution in [1.82, 2.24) is 10.7 Å². The molecule has 0 aliphatic rings. The summed E-state index contributed by atoms with van der Waals surface area (Å²) in [6.07, 6.45) is 1.43. The molecule has 0 saturated heterocycles. The molecule has 2 aromatic rings. The highest BCUT2D eigenvalue weighted by molar-refractivity contribution is 5.97. The van der Waals surface area contributed by atoms with Crippen molar-refractivity contribution < 1.29 is 33.3 Å². The van der Waals surface area contributed by atoms with Crippen molar-refractivity contribution in [2.45, 2.75) is 20.8 Å². The molecule has 2 aromatic carbocycles. The highest BCUT2D eigenvalue weighted by atomic mass is 16.5. The number of nitrogens with zero attached hydrogens (tertiary/aromatic N) is 1. The van der Waals surface area contributed by atoms with Crippen LogP contribution in [-0.2, 0) is 4.79 Å². The summed E-state index contributed by atoms with van der Waals surface area (Å²) in [7, 11) is 3.08. The minimum atomic E-state index is -0.507. The third-order valence-corrected chi connectivity index (χ3v) is 4.41. The molecule has 34 heavy (non-hydrogen) atoms. The van der Waals surface area contributed by atoms with E-state index in [4.69, 9.17) is 23.7 Å². The van der Waals surface area contributed by atoms with Crippen LogP contribution >= 0.6 is 0 Å². The van der Waals surface area contributed by atoms with Gasteiger partial charge in [-0.1, -0.05) is 0 Å². The Hall–Kier alpha value is -3.95. The van der Waals surface area contributed by atoms with Crippen LogP contribution in [0.1, 0.15) is 36.7 Å². The molecule has 2 amide bonds. The lowest BCUT2D eigenvalue weighted by atomic mass is 10.1. The van der Waals surface area contributed by atoms with Crippen molar-refractivity contribution in [3.63, 3.8) is 0 Å². The van der Waals surface area contributed by atoms with E-state index in [1.807, 2.05) is 20.8 Å². The van der Waals surface area contributed by atoms with Crippen molar-refractivity contribution in [2.24, 2.45) is 5.10 Å². The Labute approximate surface area is 199 Å². The third kappa shape index (κ3) is 7.29. The first-order chi connectivity index (χ1) is 16.5. The molecule has 0 spiro atoms. The fourth-order valence-electron chi connectivity index (χ4n) is 2.94. The molecule has 0 aromatic heterocycles. The summed E-state index contributed by atoms with van der Waals surface area (Å²) in [5.41, 5.74) is 3.26. The summed E-state index contributed by atoms with van der Waals surface area (Å²) in [5, 5.41) is 6.47. The van der Waals surface area contributed by atoms with Crippen LogP contribution < -0.4 is 34.4 Å². The molecule has 0 aliphatic heterocycles. The van der Waals surface area contributed by atoms with E-state index in [1.54, 1.807) is 37.4 Å². The molecule has 0 saturated carbocycles. The fraction of sp³-hybridized carbons (Fsp3) is 0.375. The molecule has 10 nitrogen and oxygen atoms in total. The molecular weight excluding hydrogens is 442 g/mol. The van der Waals surface area contributed by atoms with Crippen LogP contribution in [0, 0.1) is 0 Å². The molecule has 0 radical (unpaired) electrons. The second-order valence-corrected chi connectivity index (χ2v) is 6.68. The smallest absolute Gasteiger partial charge is 0.259 e. The van der Waals surface area contributed by atoms with E-state index in [0.29, 0.717) is 54.1 Å². The number of methoxy groups -OCH3 is 2. The zero-order valence-corrected chi connectivity index (χ0v) is 20.1. The zero-order chi connectivity index (χ0) is 24.9. The van der Waals surface area contributed by atoms with E-state index in [-0.39, 0.29) is 12.1 Å². The van der Waals surface area contributed by atoms with E-state index in [2.05, 4.69) is 15.8 Å². The fourth-order valence-corrected chi connectivity index (χ4v) is 2.94. The van der Waals surface area contributed by atoms with E-state index in [9.17, 15) is 9.59 Å². The Kier molecular flexibility index (Phi) is 10.5. The largest absolute Gasteiger partial charge is 0.497 e. The first-order valence-corrected chi connectivity index (χ1v) is 10.9. The standard InChI is InChI=1S/C24H31N3O7/c1-6-32-20-12-16(13-21(33-7-2)23(20)34-8-3)24(29)25-15-22(28)27-26-14-17-11-18(30-4)9-10-19(17)31-5/h9-14H,6-8,15H2,1-5H3,(H,25,29)(H,27,28)/b26-14+. The lowest BCUT2D eigenvalue weighted by molar-refractivity contribution is -0.120. The predicted molar refractivity (Wildman–Crippen MR) is 128 cm³/mol. The molecule has 0 heterocycles. The summed E-state index contributed by atoms with van der Waals surface area (Å²) in [5.74, 6) is 1.42. The zero-order valence-electron chi connectivity index (χ0n) is 20.1. The van der Waals surface area contributed by atoms with Gasteiger partial charge in [0, 0.05) is 11.1 Å². The van der Waals surface area contributed by atoms with Gasteiger partial charge in [0.05, 0.1) is 46.8 Å². The van der Waals surface area contributed by atoms with Crippen molar-refractivity contribution in [3.8, 4) is 28.7 Å². The van der Waals surface area contributed by atoms with Gasteiger partial charge >= 0.3 is 0 Å². The highest BCUT2D eigenvalue weighted by Gasteiger charge is 2.18. The number of nitrogens with one attached hydrogen (secondary N) is 2. The molecule has 0 fully saturated rings. The van der Waals surface area contributed by atoms with Crippen molar-refractivity contribution >= 4 is 18.0 Å². The molecule has 0 bridgehead atoms. The summed E-state index contributed by atoms with van der Waals surface area (Å²) < 4.78 is 27.3. The maximum absolute atomic E-state index is 12.7. The second kappa shape index (κ2) is 13.6. The number of rotatable bonds is 13. The van der Waals surface area contributed by atoms with Crippen molar-refractivity contribution in [3.05, 3.63) is 41.5 Å². The number of hydrogen-bond donors (Lipinski definition) is 2. The number of carbonyl (C=O) groups is 2. The Morgan fingerprint density at radius 3 is 2.09 bits per heavy atom. The van der Waals surface area contributed by atoms with Crippen molar-refractivity contribution in [1.29, 1.82) is 0 Å². The van der Waals surface area contributed by atoms with Crippen LogP contribution in [0.5, 0.6) is 28.7 Å². The molecule has 184 valence electrons. The van der Waals surface area contributed by atoms with Gasteiger partial charge in [0.1, 0.15) is 11.5 Å². The minimum Gasteiger partial charge on any atom is -0.497 e. The Bertz CT molecular complexity index is 981. The third-order valence-electron chi connectivity index (χ3n) is 4.41.